The molecule has 116 valence electrons. The number of esters is 2. The standard InChI is InChI=1S/2C8H14O2/c2*1-8(2,3)10-7(9)6-4-5-6/h2*6H,4-5H2,1-3H3. The van der Waals surface area contributed by atoms with Crippen LogP contribution in [0.1, 0.15) is 67.2 Å². The number of hydrogen-bond donors (Lipinski definition) is 0. The maximum Gasteiger partial charge on any atom is 0.309 e. The van der Waals surface area contributed by atoms with Gasteiger partial charge in [0.15, 0.2) is 0 Å². The molecule has 2 aliphatic carbocycles. The van der Waals surface area contributed by atoms with Crippen molar-refractivity contribution in [2.75, 3.05) is 0 Å². The molecular weight excluding hydrogens is 256 g/mol. The molecule has 0 atom stereocenters. The lowest BCUT2D eigenvalue weighted by atomic mass is 10.2. The number of rotatable bonds is 2. The third kappa shape index (κ3) is 8.18. The van der Waals surface area contributed by atoms with Crippen LogP contribution >= 0.6 is 0 Å². The summed E-state index contributed by atoms with van der Waals surface area (Å²) < 4.78 is 10.2. The maximum absolute atomic E-state index is 11.0. The van der Waals surface area contributed by atoms with Crippen molar-refractivity contribution in [3.8, 4) is 0 Å². The summed E-state index contributed by atoms with van der Waals surface area (Å²) in [5.41, 5.74) is -0.612. The minimum absolute atomic E-state index is 0.0208. The van der Waals surface area contributed by atoms with E-state index in [1.165, 1.54) is 0 Å². The second-order valence-corrected chi connectivity index (χ2v) is 7.62. The van der Waals surface area contributed by atoms with E-state index in [-0.39, 0.29) is 35.0 Å². The first-order chi connectivity index (χ1) is 8.98. The molecule has 2 rings (SSSR count). The summed E-state index contributed by atoms with van der Waals surface area (Å²) in [4.78, 5) is 22.0. The Hall–Kier alpha value is -1.06. The molecule has 4 nitrogen and oxygen atoms in total. The van der Waals surface area contributed by atoms with Crippen molar-refractivity contribution < 1.29 is 19.1 Å². The van der Waals surface area contributed by atoms with Gasteiger partial charge in [-0.25, -0.2) is 0 Å². The Morgan fingerprint density at radius 3 is 1.10 bits per heavy atom. The number of hydrogen-bond acceptors (Lipinski definition) is 4. The topological polar surface area (TPSA) is 52.6 Å². The van der Waals surface area contributed by atoms with Crippen LogP contribution in [0.4, 0.5) is 0 Å². The molecule has 2 fully saturated rings. The summed E-state index contributed by atoms with van der Waals surface area (Å²) in [6.07, 6.45) is 4.09. The predicted octanol–water partition coefficient (Wildman–Crippen LogP) is 3.48. The van der Waals surface area contributed by atoms with E-state index in [9.17, 15) is 9.59 Å². The van der Waals surface area contributed by atoms with E-state index in [0.717, 1.165) is 25.7 Å². The lowest BCUT2D eigenvalue weighted by Gasteiger charge is -2.19. The van der Waals surface area contributed by atoms with E-state index in [4.69, 9.17) is 9.47 Å². The van der Waals surface area contributed by atoms with Crippen LogP contribution in [0, 0.1) is 11.8 Å². The Morgan fingerprint density at radius 2 is 0.950 bits per heavy atom. The Balaban J connectivity index is 0.000000200. The zero-order valence-corrected chi connectivity index (χ0v) is 13.6. The van der Waals surface area contributed by atoms with Gasteiger partial charge in [0.05, 0.1) is 11.8 Å². The molecule has 4 heteroatoms. The van der Waals surface area contributed by atoms with Crippen LogP contribution in [-0.4, -0.2) is 23.1 Å². The number of carbonyl (C=O) groups excluding carboxylic acids is 2. The average molecular weight is 284 g/mol. The fraction of sp³-hybridized carbons (Fsp3) is 0.875. The van der Waals surface area contributed by atoms with Crippen LogP contribution in [0.2, 0.25) is 0 Å². The fourth-order valence-electron chi connectivity index (χ4n) is 1.41. The van der Waals surface area contributed by atoms with Crippen LogP contribution in [0.15, 0.2) is 0 Å². The van der Waals surface area contributed by atoms with Gasteiger partial charge in [0.1, 0.15) is 11.2 Å². The molecule has 2 saturated carbocycles. The third-order valence-electron chi connectivity index (χ3n) is 2.63. The van der Waals surface area contributed by atoms with Gasteiger partial charge in [0.25, 0.3) is 0 Å². The average Bonchev–Trinajstić information content (AvgIpc) is 3.08. The molecular formula is C16H28O4. The fourth-order valence-corrected chi connectivity index (χ4v) is 1.41. The highest BCUT2D eigenvalue weighted by Gasteiger charge is 2.34. The van der Waals surface area contributed by atoms with E-state index in [0.29, 0.717) is 0 Å². The van der Waals surface area contributed by atoms with E-state index in [2.05, 4.69) is 0 Å². The molecule has 0 aromatic carbocycles. The number of ether oxygens (including phenoxy) is 2. The summed E-state index contributed by atoms with van der Waals surface area (Å²) in [5, 5.41) is 0. The van der Waals surface area contributed by atoms with Crippen molar-refractivity contribution in [2.45, 2.75) is 78.4 Å². The molecule has 20 heavy (non-hydrogen) atoms. The highest BCUT2D eigenvalue weighted by Crippen LogP contribution is 2.32. The Morgan fingerprint density at radius 1 is 0.700 bits per heavy atom. The maximum atomic E-state index is 11.0. The third-order valence-corrected chi connectivity index (χ3v) is 2.63. The molecule has 0 aromatic heterocycles. The van der Waals surface area contributed by atoms with Gasteiger partial charge in [0, 0.05) is 0 Å². The van der Waals surface area contributed by atoms with Crippen molar-refractivity contribution in [2.24, 2.45) is 11.8 Å². The minimum Gasteiger partial charge on any atom is -0.460 e. The normalized spacial score (nSPS) is 18.7. The Kier molecular flexibility index (Phi) is 5.22. The van der Waals surface area contributed by atoms with E-state index < -0.39 is 0 Å². The highest BCUT2D eigenvalue weighted by molar-refractivity contribution is 5.75. The molecule has 0 radical (unpaired) electrons. The molecule has 0 aliphatic heterocycles. The first-order valence-corrected chi connectivity index (χ1v) is 7.44. The van der Waals surface area contributed by atoms with Crippen molar-refractivity contribution in [1.29, 1.82) is 0 Å². The molecule has 0 aromatic rings. The summed E-state index contributed by atoms with van der Waals surface area (Å²) >= 11 is 0. The van der Waals surface area contributed by atoms with Gasteiger partial charge in [0.2, 0.25) is 0 Å². The van der Waals surface area contributed by atoms with Gasteiger partial charge in [-0.3, -0.25) is 9.59 Å². The van der Waals surface area contributed by atoms with Gasteiger partial charge in [-0.15, -0.1) is 0 Å². The lowest BCUT2D eigenvalue weighted by Crippen LogP contribution is -2.24. The minimum atomic E-state index is -0.306. The monoisotopic (exact) mass is 284 g/mol. The molecule has 0 N–H and O–H groups in total. The van der Waals surface area contributed by atoms with Crippen LogP contribution < -0.4 is 0 Å². The first-order valence-electron chi connectivity index (χ1n) is 7.44. The van der Waals surface area contributed by atoms with Crippen LogP contribution in [0.5, 0.6) is 0 Å². The largest absolute Gasteiger partial charge is 0.460 e. The zero-order chi connectivity index (χ0) is 15.6. The number of carbonyl (C=O) groups is 2. The van der Waals surface area contributed by atoms with E-state index >= 15 is 0 Å². The SMILES string of the molecule is CC(C)(C)OC(=O)C1CC1.CC(C)(C)OC(=O)C1CC1. The van der Waals surface area contributed by atoms with Crippen molar-refractivity contribution in [3.63, 3.8) is 0 Å². The molecule has 0 heterocycles. The predicted molar refractivity (Wildman–Crippen MR) is 77.1 cm³/mol. The van der Waals surface area contributed by atoms with Gasteiger partial charge in [-0.1, -0.05) is 0 Å². The van der Waals surface area contributed by atoms with E-state index in [1.54, 1.807) is 0 Å². The summed E-state index contributed by atoms with van der Waals surface area (Å²) in [7, 11) is 0. The van der Waals surface area contributed by atoms with Crippen molar-refractivity contribution >= 4 is 11.9 Å². The molecule has 0 bridgehead atoms. The van der Waals surface area contributed by atoms with Crippen LogP contribution in [0.25, 0.3) is 0 Å². The molecule has 0 saturated heterocycles. The van der Waals surface area contributed by atoms with Crippen molar-refractivity contribution in [1.82, 2.24) is 0 Å². The molecule has 0 unspecified atom stereocenters. The second-order valence-electron chi connectivity index (χ2n) is 7.62. The van der Waals surface area contributed by atoms with Crippen molar-refractivity contribution in [3.05, 3.63) is 0 Å². The molecule has 0 amide bonds. The van der Waals surface area contributed by atoms with Crippen LogP contribution in [0.3, 0.4) is 0 Å². The lowest BCUT2D eigenvalue weighted by molar-refractivity contribution is -0.157. The first kappa shape index (κ1) is 17.0. The van der Waals surface area contributed by atoms with E-state index in [1.807, 2.05) is 41.5 Å². The zero-order valence-electron chi connectivity index (χ0n) is 13.6. The Bertz CT molecular complexity index is 316. The van der Waals surface area contributed by atoms with Gasteiger partial charge >= 0.3 is 11.9 Å². The second kappa shape index (κ2) is 6.15. The Labute approximate surface area is 122 Å². The smallest absolute Gasteiger partial charge is 0.309 e. The van der Waals surface area contributed by atoms with Crippen LogP contribution in [-0.2, 0) is 19.1 Å². The quantitative estimate of drug-likeness (QED) is 0.728. The summed E-state index contributed by atoms with van der Waals surface area (Å²) in [5.74, 6) is 0.401. The van der Waals surface area contributed by atoms with Gasteiger partial charge < -0.3 is 9.47 Å². The molecule has 2 aliphatic rings. The summed E-state index contributed by atoms with van der Waals surface area (Å²) in [6, 6.07) is 0. The molecule has 0 spiro atoms. The van der Waals surface area contributed by atoms with Gasteiger partial charge in [-0.05, 0) is 67.2 Å². The summed E-state index contributed by atoms with van der Waals surface area (Å²) in [6.45, 7) is 11.4. The highest BCUT2D eigenvalue weighted by atomic mass is 16.6. The van der Waals surface area contributed by atoms with Gasteiger partial charge in [-0.2, -0.15) is 0 Å².